The lowest BCUT2D eigenvalue weighted by molar-refractivity contribution is -0.119. The maximum atomic E-state index is 13.0. The standard InChI is InChI=1S/C19H15ClINO2/c1-10-4-6-14(11(2)8-10)16-17(20)19(24)22(18(16)23)15-7-5-13(21)9-12(15)3/h4-9H,1-3H3. The van der Waals surface area contributed by atoms with Crippen LogP contribution in [-0.2, 0) is 9.59 Å². The lowest BCUT2D eigenvalue weighted by atomic mass is 9.98. The van der Waals surface area contributed by atoms with Gasteiger partial charge in [0.05, 0.1) is 11.3 Å². The summed E-state index contributed by atoms with van der Waals surface area (Å²) < 4.78 is 1.04. The van der Waals surface area contributed by atoms with Gasteiger partial charge in [-0.2, -0.15) is 0 Å². The zero-order valence-electron chi connectivity index (χ0n) is 13.5. The lowest BCUT2D eigenvalue weighted by Crippen LogP contribution is -2.31. The zero-order chi connectivity index (χ0) is 17.6. The van der Waals surface area contributed by atoms with Crippen LogP contribution in [0.25, 0.3) is 5.57 Å². The Morgan fingerprint density at radius 3 is 2.25 bits per heavy atom. The van der Waals surface area contributed by atoms with Crippen molar-refractivity contribution in [2.75, 3.05) is 4.90 Å². The van der Waals surface area contributed by atoms with E-state index in [1.807, 2.05) is 51.1 Å². The molecule has 2 aromatic rings. The maximum Gasteiger partial charge on any atom is 0.277 e. The molecule has 1 aliphatic rings. The fourth-order valence-electron chi connectivity index (χ4n) is 2.92. The fourth-order valence-corrected chi connectivity index (χ4v) is 3.83. The quantitative estimate of drug-likeness (QED) is 0.489. The molecule has 0 spiro atoms. The molecule has 0 saturated carbocycles. The average Bonchev–Trinajstić information content (AvgIpc) is 2.71. The Bertz CT molecular complexity index is 918. The van der Waals surface area contributed by atoms with Crippen LogP contribution in [-0.4, -0.2) is 11.8 Å². The van der Waals surface area contributed by atoms with Crippen molar-refractivity contribution < 1.29 is 9.59 Å². The number of anilines is 1. The second kappa shape index (κ2) is 6.33. The number of benzene rings is 2. The first kappa shape index (κ1) is 17.2. The predicted molar refractivity (Wildman–Crippen MR) is 105 cm³/mol. The maximum absolute atomic E-state index is 13.0. The first-order chi connectivity index (χ1) is 11.3. The fraction of sp³-hybridized carbons (Fsp3) is 0.158. The first-order valence-electron chi connectivity index (χ1n) is 7.43. The Morgan fingerprint density at radius 1 is 0.917 bits per heavy atom. The van der Waals surface area contributed by atoms with E-state index in [2.05, 4.69) is 22.6 Å². The Morgan fingerprint density at radius 2 is 1.62 bits per heavy atom. The molecule has 0 aliphatic carbocycles. The molecular formula is C19H15ClINO2. The van der Waals surface area contributed by atoms with Crippen LogP contribution < -0.4 is 4.90 Å². The van der Waals surface area contributed by atoms with Crippen LogP contribution >= 0.6 is 34.2 Å². The summed E-state index contributed by atoms with van der Waals surface area (Å²) in [6, 6.07) is 11.3. The van der Waals surface area contributed by atoms with E-state index in [0.29, 0.717) is 11.3 Å². The highest BCUT2D eigenvalue weighted by Gasteiger charge is 2.40. The molecule has 1 heterocycles. The van der Waals surface area contributed by atoms with Gasteiger partial charge in [0.1, 0.15) is 5.03 Å². The Kier molecular flexibility index (Phi) is 4.53. The average molecular weight is 452 g/mol. The molecule has 0 saturated heterocycles. The summed E-state index contributed by atoms with van der Waals surface area (Å²) in [5, 5.41) is -0.0232. The summed E-state index contributed by atoms with van der Waals surface area (Å²) in [7, 11) is 0. The molecular weight excluding hydrogens is 437 g/mol. The zero-order valence-corrected chi connectivity index (χ0v) is 16.4. The summed E-state index contributed by atoms with van der Waals surface area (Å²) in [4.78, 5) is 26.8. The summed E-state index contributed by atoms with van der Waals surface area (Å²) in [5.74, 6) is -0.845. The number of amides is 2. The highest BCUT2D eigenvalue weighted by atomic mass is 127. The molecule has 0 N–H and O–H groups in total. The summed E-state index contributed by atoms with van der Waals surface area (Å²) in [6.07, 6.45) is 0. The van der Waals surface area contributed by atoms with Crippen LogP contribution in [0.2, 0.25) is 0 Å². The molecule has 1 aliphatic heterocycles. The molecule has 2 amide bonds. The van der Waals surface area contributed by atoms with E-state index in [1.54, 1.807) is 6.07 Å². The monoisotopic (exact) mass is 451 g/mol. The van der Waals surface area contributed by atoms with Gasteiger partial charge in [0.2, 0.25) is 0 Å². The van der Waals surface area contributed by atoms with Crippen molar-refractivity contribution in [1.82, 2.24) is 0 Å². The number of rotatable bonds is 2. The van der Waals surface area contributed by atoms with Gasteiger partial charge in [0, 0.05) is 3.57 Å². The van der Waals surface area contributed by atoms with Crippen LogP contribution in [0.4, 0.5) is 5.69 Å². The van der Waals surface area contributed by atoms with Gasteiger partial charge in [-0.1, -0.05) is 35.4 Å². The minimum atomic E-state index is -0.471. The number of imide groups is 1. The highest BCUT2D eigenvalue weighted by molar-refractivity contribution is 14.1. The van der Waals surface area contributed by atoms with Crippen molar-refractivity contribution in [3.8, 4) is 0 Å². The second-order valence-corrected chi connectivity index (χ2v) is 7.51. The van der Waals surface area contributed by atoms with Gasteiger partial charge in [0.15, 0.2) is 0 Å². The third kappa shape index (κ3) is 2.78. The van der Waals surface area contributed by atoms with Crippen molar-refractivity contribution in [2.45, 2.75) is 20.8 Å². The van der Waals surface area contributed by atoms with E-state index in [1.165, 1.54) is 4.90 Å². The largest absolute Gasteiger partial charge is 0.277 e. The summed E-state index contributed by atoms with van der Waals surface area (Å²) >= 11 is 8.46. The number of aryl methyl sites for hydroxylation is 3. The lowest BCUT2D eigenvalue weighted by Gasteiger charge is -2.18. The van der Waals surface area contributed by atoms with Gasteiger partial charge in [-0.15, -0.1) is 0 Å². The van der Waals surface area contributed by atoms with Crippen molar-refractivity contribution in [3.05, 3.63) is 67.3 Å². The number of carbonyl (C=O) groups excluding carboxylic acids is 2. The minimum Gasteiger partial charge on any atom is -0.268 e. The molecule has 24 heavy (non-hydrogen) atoms. The SMILES string of the molecule is Cc1ccc(C2=C(Cl)C(=O)N(c3ccc(I)cc3C)C2=O)c(C)c1. The Labute approximate surface area is 159 Å². The van der Waals surface area contributed by atoms with Gasteiger partial charge in [0.25, 0.3) is 11.8 Å². The van der Waals surface area contributed by atoms with E-state index in [0.717, 1.165) is 20.3 Å². The second-order valence-electron chi connectivity index (χ2n) is 5.88. The van der Waals surface area contributed by atoms with Gasteiger partial charge in [-0.05, 0) is 78.3 Å². The number of hydrogen-bond acceptors (Lipinski definition) is 2. The first-order valence-corrected chi connectivity index (χ1v) is 8.89. The third-order valence-corrected chi connectivity index (χ3v) is 5.10. The molecule has 0 fully saturated rings. The van der Waals surface area contributed by atoms with Gasteiger partial charge < -0.3 is 0 Å². The molecule has 0 atom stereocenters. The van der Waals surface area contributed by atoms with Crippen LogP contribution in [0.15, 0.2) is 41.4 Å². The molecule has 3 rings (SSSR count). The number of carbonyl (C=O) groups is 2. The predicted octanol–water partition coefficient (Wildman–Crippen LogP) is 4.74. The van der Waals surface area contributed by atoms with Crippen molar-refractivity contribution in [3.63, 3.8) is 0 Å². The third-order valence-electron chi connectivity index (χ3n) is 4.08. The molecule has 0 aromatic heterocycles. The normalized spacial score (nSPS) is 14.8. The molecule has 0 radical (unpaired) electrons. The topological polar surface area (TPSA) is 37.4 Å². The number of nitrogens with zero attached hydrogens (tertiary/aromatic N) is 1. The van der Waals surface area contributed by atoms with Crippen LogP contribution in [0.5, 0.6) is 0 Å². The minimum absolute atomic E-state index is 0.0232. The van der Waals surface area contributed by atoms with Crippen LogP contribution in [0.3, 0.4) is 0 Å². The van der Waals surface area contributed by atoms with E-state index in [-0.39, 0.29) is 16.5 Å². The van der Waals surface area contributed by atoms with Gasteiger partial charge >= 0.3 is 0 Å². The molecule has 0 unspecified atom stereocenters. The summed E-state index contributed by atoms with van der Waals surface area (Å²) in [5.41, 5.74) is 4.42. The van der Waals surface area contributed by atoms with Gasteiger partial charge in [-0.3, -0.25) is 9.59 Å². The van der Waals surface area contributed by atoms with Crippen molar-refractivity contribution in [2.24, 2.45) is 0 Å². The van der Waals surface area contributed by atoms with E-state index in [9.17, 15) is 9.59 Å². The Hall–Kier alpha value is -1.66. The summed E-state index contributed by atoms with van der Waals surface area (Å²) in [6.45, 7) is 5.77. The van der Waals surface area contributed by atoms with Gasteiger partial charge in [-0.25, -0.2) is 4.90 Å². The smallest absolute Gasteiger partial charge is 0.268 e. The van der Waals surface area contributed by atoms with Crippen LogP contribution in [0, 0.1) is 24.3 Å². The van der Waals surface area contributed by atoms with Crippen molar-refractivity contribution in [1.29, 1.82) is 0 Å². The molecule has 3 nitrogen and oxygen atoms in total. The Balaban J connectivity index is 2.11. The highest BCUT2D eigenvalue weighted by Crippen LogP contribution is 2.37. The number of hydrogen-bond donors (Lipinski definition) is 0. The van der Waals surface area contributed by atoms with E-state index in [4.69, 9.17) is 11.6 Å². The molecule has 5 heteroatoms. The molecule has 0 bridgehead atoms. The van der Waals surface area contributed by atoms with E-state index < -0.39 is 5.91 Å². The van der Waals surface area contributed by atoms with Crippen molar-refractivity contribution >= 4 is 57.3 Å². The molecule has 2 aromatic carbocycles. The van der Waals surface area contributed by atoms with E-state index >= 15 is 0 Å². The number of halogens is 2. The molecule has 122 valence electrons. The van der Waals surface area contributed by atoms with Crippen LogP contribution in [0.1, 0.15) is 22.3 Å².